The van der Waals surface area contributed by atoms with Crippen molar-refractivity contribution in [1.82, 2.24) is 0 Å². The molecule has 0 radical (unpaired) electrons. The summed E-state index contributed by atoms with van der Waals surface area (Å²) >= 11 is 0. The van der Waals surface area contributed by atoms with Crippen molar-refractivity contribution in [3.05, 3.63) is 83.1 Å². The topological polar surface area (TPSA) is 35.5 Å². The van der Waals surface area contributed by atoms with Crippen molar-refractivity contribution in [2.45, 2.75) is 44.1 Å². The molecule has 0 spiro atoms. The van der Waals surface area contributed by atoms with Gasteiger partial charge in [-0.2, -0.15) is 0 Å². The van der Waals surface area contributed by atoms with Gasteiger partial charge in [-0.3, -0.25) is 0 Å². The number of hydrogen-bond donors (Lipinski definition) is 0. The molecule has 27 heavy (non-hydrogen) atoms. The maximum Gasteiger partial charge on any atom is 0.343 e. The fraction of sp³-hybridized carbons (Fsp3) is 0.375. The minimum Gasteiger partial charge on any atom is -0.427 e. The number of fused-ring (bicyclic) bond motifs is 1. The van der Waals surface area contributed by atoms with Gasteiger partial charge < -0.3 is 9.47 Å². The van der Waals surface area contributed by atoms with Gasteiger partial charge in [-0.1, -0.05) is 60.9 Å². The second-order valence-corrected chi connectivity index (χ2v) is 7.68. The second kappa shape index (κ2) is 7.32. The lowest BCUT2D eigenvalue weighted by atomic mass is 9.70. The summed E-state index contributed by atoms with van der Waals surface area (Å²) in [5, 5.41) is 0. The SMILES string of the molecule is CO[C@]12CCCC[C@H]1C=C(OC(=O)c1ccc(C)cc1)[C@@H]2c1ccccc1. The van der Waals surface area contributed by atoms with Crippen LogP contribution in [-0.2, 0) is 9.47 Å². The smallest absolute Gasteiger partial charge is 0.343 e. The van der Waals surface area contributed by atoms with Crippen LogP contribution in [0.1, 0.15) is 53.1 Å². The van der Waals surface area contributed by atoms with Gasteiger partial charge in [0.1, 0.15) is 5.76 Å². The third-order valence-corrected chi connectivity index (χ3v) is 6.11. The van der Waals surface area contributed by atoms with Gasteiger partial charge >= 0.3 is 5.97 Å². The highest BCUT2D eigenvalue weighted by Gasteiger charge is 2.54. The van der Waals surface area contributed by atoms with E-state index in [1.165, 1.54) is 6.42 Å². The molecule has 0 saturated heterocycles. The van der Waals surface area contributed by atoms with Crippen LogP contribution in [0.5, 0.6) is 0 Å². The molecule has 1 fully saturated rings. The van der Waals surface area contributed by atoms with Gasteiger partial charge in [0.05, 0.1) is 17.1 Å². The Bertz CT molecular complexity index is 838. The quantitative estimate of drug-likeness (QED) is 0.682. The summed E-state index contributed by atoms with van der Waals surface area (Å²) in [4.78, 5) is 12.8. The average Bonchev–Trinajstić information content (AvgIpc) is 3.03. The molecule has 3 nitrogen and oxygen atoms in total. The maximum absolute atomic E-state index is 12.8. The van der Waals surface area contributed by atoms with E-state index in [0.29, 0.717) is 5.56 Å². The normalized spacial score (nSPS) is 27.0. The predicted octanol–water partition coefficient (Wildman–Crippen LogP) is 5.41. The highest BCUT2D eigenvalue weighted by Crippen LogP contribution is 2.55. The summed E-state index contributed by atoms with van der Waals surface area (Å²) in [5.41, 5.74) is 2.53. The first-order valence-electron chi connectivity index (χ1n) is 9.75. The lowest BCUT2D eigenvalue weighted by Crippen LogP contribution is -2.44. The molecule has 4 rings (SSSR count). The molecular formula is C24H26O3. The molecule has 2 aliphatic carbocycles. The first kappa shape index (κ1) is 18.0. The van der Waals surface area contributed by atoms with E-state index in [1.54, 1.807) is 7.11 Å². The van der Waals surface area contributed by atoms with Gasteiger partial charge in [0.15, 0.2) is 0 Å². The summed E-state index contributed by atoms with van der Waals surface area (Å²) in [6.45, 7) is 2.01. The zero-order valence-corrected chi connectivity index (χ0v) is 16.0. The number of ether oxygens (including phenoxy) is 2. The largest absolute Gasteiger partial charge is 0.427 e. The number of benzene rings is 2. The summed E-state index contributed by atoms with van der Waals surface area (Å²) in [6, 6.07) is 17.8. The molecule has 3 heteroatoms. The molecule has 2 aromatic carbocycles. The van der Waals surface area contributed by atoms with E-state index < -0.39 is 0 Å². The summed E-state index contributed by atoms with van der Waals surface area (Å²) in [5.74, 6) is 0.665. The zero-order valence-electron chi connectivity index (χ0n) is 16.0. The molecule has 0 N–H and O–H groups in total. The van der Waals surface area contributed by atoms with Crippen LogP contribution >= 0.6 is 0 Å². The van der Waals surface area contributed by atoms with Crippen molar-refractivity contribution in [3.8, 4) is 0 Å². The Morgan fingerprint density at radius 3 is 2.48 bits per heavy atom. The molecular weight excluding hydrogens is 336 g/mol. The number of esters is 1. The lowest BCUT2D eigenvalue weighted by molar-refractivity contribution is -0.0751. The maximum atomic E-state index is 12.8. The van der Waals surface area contributed by atoms with Crippen molar-refractivity contribution < 1.29 is 14.3 Å². The Balaban J connectivity index is 1.69. The van der Waals surface area contributed by atoms with Crippen LogP contribution in [0.2, 0.25) is 0 Å². The van der Waals surface area contributed by atoms with Crippen LogP contribution in [0.4, 0.5) is 0 Å². The van der Waals surface area contributed by atoms with Crippen LogP contribution in [0.15, 0.2) is 66.4 Å². The van der Waals surface area contributed by atoms with Crippen molar-refractivity contribution in [1.29, 1.82) is 0 Å². The molecule has 0 amide bonds. The van der Waals surface area contributed by atoms with Gasteiger partial charge in [0.25, 0.3) is 0 Å². The van der Waals surface area contributed by atoms with E-state index in [9.17, 15) is 4.79 Å². The second-order valence-electron chi connectivity index (χ2n) is 7.68. The molecule has 0 aromatic heterocycles. The molecule has 2 aliphatic rings. The first-order chi connectivity index (χ1) is 13.1. The Morgan fingerprint density at radius 1 is 1.04 bits per heavy atom. The molecule has 0 heterocycles. The van der Waals surface area contributed by atoms with Gasteiger partial charge in [-0.15, -0.1) is 0 Å². The number of aryl methyl sites for hydroxylation is 1. The van der Waals surface area contributed by atoms with Crippen molar-refractivity contribution in [3.63, 3.8) is 0 Å². The third kappa shape index (κ3) is 3.21. The van der Waals surface area contributed by atoms with Crippen molar-refractivity contribution in [2.24, 2.45) is 5.92 Å². The van der Waals surface area contributed by atoms with Gasteiger partial charge in [-0.25, -0.2) is 4.79 Å². The predicted molar refractivity (Wildman–Crippen MR) is 106 cm³/mol. The molecule has 1 saturated carbocycles. The minimum atomic E-state index is -0.317. The molecule has 3 atom stereocenters. The van der Waals surface area contributed by atoms with E-state index in [-0.39, 0.29) is 23.4 Å². The van der Waals surface area contributed by atoms with E-state index in [0.717, 1.165) is 36.1 Å². The lowest BCUT2D eigenvalue weighted by Gasteiger charge is -2.43. The van der Waals surface area contributed by atoms with Crippen LogP contribution in [0, 0.1) is 12.8 Å². The molecule has 2 aromatic rings. The van der Waals surface area contributed by atoms with Gasteiger partial charge in [0, 0.05) is 13.0 Å². The highest BCUT2D eigenvalue weighted by molar-refractivity contribution is 5.90. The van der Waals surface area contributed by atoms with E-state index in [2.05, 4.69) is 18.2 Å². The van der Waals surface area contributed by atoms with Crippen LogP contribution in [0.25, 0.3) is 0 Å². The number of carbonyl (C=O) groups excluding carboxylic acids is 1. The van der Waals surface area contributed by atoms with Crippen molar-refractivity contribution >= 4 is 5.97 Å². The average molecular weight is 362 g/mol. The van der Waals surface area contributed by atoms with Crippen molar-refractivity contribution in [2.75, 3.05) is 7.11 Å². The van der Waals surface area contributed by atoms with Crippen LogP contribution < -0.4 is 0 Å². The Kier molecular flexibility index (Phi) is 4.88. The fourth-order valence-electron chi connectivity index (χ4n) is 4.73. The Hall–Kier alpha value is -2.39. The molecule has 140 valence electrons. The van der Waals surface area contributed by atoms with E-state index >= 15 is 0 Å². The van der Waals surface area contributed by atoms with Gasteiger partial charge in [-0.05, 0) is 43.5 Å². The highest BCUT2D eigenvalue weighted by atomic mass is 16.5. The minimum absolute atomic E-state index is 0.0524. The van der Waals surface area contributed by atoms with Crippen LogP contribution in [0.3, 0.4) is 0 Å². The van der Waals surface area contributed by atoms with E-state index in [4.69, 9.17) is 9.47 Å². The zero-order chi connectivity index (χ0) is 18.9. The summed E-state index contributed by atoms with van der Waals surface area (Å²) < 4.78 is 12.1. The first-order valence-corrected chi connectivity index (χ1v) is 9.75. The third-order valence-electron chi connectivity index (χ3n) is 6.11. The van der Waals surface area contributed by atoms with Gasteiger partial charge in [0.2, 0.25) is 0 Å². The van der Waals surface area contributed by atoms with Crippen LogP contribution in [-0.4, -0.2) is 18.7 Å². The molecule has 0 bridgehead atoms. The summed E-state index contributed by atoms with van der Waals surface area (Å²) in [6.07, 6.45) is 6.53. The Morgan fingerprint density at radius 2 is 1.78 bits per heavy atom. The number of hydrogen-bond acceptors (Lipinski definition) is 3. The fourth-order valence-corrected chi connectivity index (χ4v) is 4.73. The molecule has 0 unspecified atom stereocenters. The standard InChI is InChI=1S/C24H26O3/c1-17-11-13-19(14-12-17)23(25)27-21-16-20-10-6-7-15-24(20,26-2)22(21)18-8-4-3-5-9-18/h3-5,8-9,11-14,16,20,22H,6-7,10,15H2,1-2H3/t20-,22-,24+/m0/s1. The number of carbonyl (C=O) groups is 1. The molecule has 0 aliphatic heterocycles. The monoisotopic (exact) mass is 362 g/mol. The Labute approximate surface area is 161 Å². The number of methoxy groups -OCH3 is 1. The number of rotatable bonds is 4. The summed E-state index contributed by atoms with van der Waals surface area (Å²) in [7, 11) is 1.80. The van der Waals surface area contributed by atoms with E-state index in [1.807, 2.05) is 49.4 Å².